The summed E-state index contributed by atoms with van der Waals surface area (Å²) >= 11 is 1.56. The van der Waals surface area contributed by atoms with Gasteiger partial charge in [0.15, 0.2) is 11.6 Å². The number of aromatic nitrogens is 1. The molecule has 1 amide bonds. The number of anilines is 2. The highest BCUT2D eigenvalue weighted by atomic mass is 32.2. The predicted octanol–water partition coefficient (Wildman–Crippen LogP) is 4.41. The highest BCUT2D eigenvalue weighted by molar-refractivity contribution is 8.06. The molecule has 2 N–H and O–H groups in total. The topological polar surface area (TPSA) is 70.9 Å². The van der Waals surface area contributed by atoms with Gasteiger partial charge in [0, 0.05) is 31.2 Å². The minimum atomic E-state index is -1.02. The van der Waals surface area contributed by atoms with E-state index in [1.54, 1.807) is 25.2 Å². The largest absolute Gasteiger partial charge is 0.378 e. The van der Waals surface area contributed by atoms with Crippen molar-refractivity contribution in [1.82, 2.24) is 14.8 Å². The summed E-state index contributed by atoms with van der Waals surface area (Å²) < 4.78 is 36.3. The number of ether oxygens (including phenoxy) is 1. The standard InChI is InChI=1S/C24H25F2N5O2S/c1-24(2)11-27-23(32)21-19(29-14-7-5-6-13(25)18(14)26)17(16(10-33-4)31(21)24)20-22-15(8-9-34-22)30(3)12-28-20/h5-9,12,15,29H,10-11H2,1-4H3,(H,27,32). The lowest BCUT2D eigenvalue weighted by molar-refractivity contribution is 0.0879. The van der Waals surface area contributed by atoms with Gasteiger partial charge in [-0.2, -0.15) is 0 Å². The first-order valence-electron chi connectivity index (χ1n) is 10.8. The third-order valence-corrected chi connectivity index (χ3v) is 7.25. The number of carbonyl (C=O) groups is 1. The number of methoxy groups -OCH3 is 1. The summed E-state index contributed by atoms with van der Waals surface area (Å²) in [5.41, 5.74) is 2.21. The van der Waals surface area contributed by atoms with E-state index in [1.807, 2.05) is 35.8 Å². The number of rotatable bonds is 5. The first-order chi connectivity index (χ1) is 16.2. The average Bonchev–Trinajstić information content (AvgIpc) is 3.41. The van der Waals surface area contributed by atoms with Gasteiger partial charge in [0.25, 0.3) is 5.91 Å². The van der Waals surface area contributed by atoms with Gasteiger partial charge in [-0.05, 0) is 31.4 Å². The molecule has 0 bridgehead atoms. The Morgan fingerprint density at radius 1 is 1.35 bits per heavy atom. The van der Waals surface area contributed by atoms with E-state index in [-0.39, 0.29) is 24.2 Å². The smallest absolute Gasteiger partial charge is 0.270 e. The number of carbonyl (C=O) groups excluding carboxylic acids is 1. The molecule has 0 spiro atoms. The van der Waals surface area contributed by atoms with Crippen molar-refractivity contribution in [2.75, 3.05) is 26.0 Å². The molecular formula is C24H25F2N5O2S. The van der Waals surface area contributed by atoms with Crippen molar-refractivity contribution in [1.29, 1.82) is 0 Å². The Labute approximate surface area is 200 Å². The van der Waals surface area contributed by atoms with Gasteiger partial charge >= 0.3 is 0 Å². The quantitative estimate of drug-likeness (QED) is 0.657. The highest BCUT2D eigenvalue weighted by Gasteiger charge is 2.41. The summed E-state index contributed by atoms with van der Waals surface area (Å²) in [6, 6.07) is 3.93. The van der Waals surface area contributed by atoms with Gasteiger partial charge in [-0.1, -0.05) is 23.9 Å². The van der Waals surface area contributed by atoms with Crippen molar-refractivity contribution < 1.29 is 18.3 Å². The van der Waals surface area contributed by atoms with Gasteiger partial charge in [-0.3, -0.25) is 4.79 Å². The number of thioether (sulfide) groups is 1. The van der Waals surface area contributed by atoms with Crippen LogP contribution in [0.3, 0.4) is 0 Å². The molecule has 0 aliphatic carbocycles. The second kappa shape index (κ2) is 8.28. The third-order valence-electron chi connectivity index (χ3n) is 6.27. The molecule has 0 radical (unpaired) electrons. The van der Waals surface area contributed by atoms with Crippen molar-refractivity contribution in [2.24, 2.45) is 4.99 Å². The molecular weight excluding hydrogens is 460 g/mol. The predicted molar refractivity (Wildman–Crippen MR) is 130 cm³/mol. The first kappa shape index (κ1) is 22.7. The summed E-state index contributed by atoms with van der Waals surface area (Å²) in [5, 5.41) is 7.98. The van der Waals surface area contributed by atoms with E-state index in [0.717, 1.165) is 16.7 Å². The van der Waals surface area contributed by atoms with Crippen LogP contribution in [0.15, 0.2) is 39.6 Å². The Hall–Kier alpha value is -3.11. The summed E-state index contributed by atoms with van der Waals surface area (Å²) in [6.07, 6.45) is 3.82. The first-order valence-corrected chi connectivity index (χ1v) is 11.7. The van der Waals surface area contributed by atoms with E-state index in [9.17, 15) is 13.6 Å². The lowest BCUT2D eigenvalue weighted by atomic mass is 10.0. The molecule has 10 heteroatoms. The molecule has 3 aliphatic rings. The SMILES string of the molecule is COCc1c(C2=C3SC=CC3N(C)C=N2)c(Nc2cccc(F)c2F)c2n1C(C)(C)CNC2=O. The number of likely N-dealkylation sites (N-methyl/N-ethyl adjacent to an activating group) is 1. The molecule has 3 aliphatic heterocycles. The van der Waals surface area contributed by atoms with Crippen LogP contribution in [0.1, 0.15) is 35.6 Å². The number of amides is 1. The number of halogens is 2. The fourth-order valence-electron chi connectivity index (χ4n) is 4.68. The van der Waals surface area contributed by atoms with Gasteiger partial charge < -0.3 is 24.8 Å². The number of nitrogens with zero attached hydrogens (tertiary/aromatic N) is 3. The normalized spacial score (nSPS) is 20.5. The molecule has 34 heavy (non-hydrogen) atoms. The van der Waals surface area contributed by atoms with Crippen molar-refractivity contribution in [3.63, 3.8) is 0 Å². The summed E-state index contributed by atoms with van der Waals surface area (Å²) in [7, 11) is 3.53. The van der Waals surface area contributed by atoms with Crippen molar-refractivity contribution >= 4 is 41.1 Å². The lowest BCUT2D eigenvalue weighted by Crippen LogP contribution is -2.48. The van der Waals surface area contributed by atoms with Gasteiger partial charge in [0.05, 0.1) is 47.3 Å². The van der Waals surface area contributed by atoms with Gasteiger partial charge in [-0.25, -0.2) is 13.8 Å². The zero-order chi connectivity index (χ0) is 24.2. The number of hydrogen-bond donors (Lipinski definition) is 2. The van der Waals surface area contributed by atoms with Crippen LogP contribution < -0.4 is 10.6 Å². The Kier molecular flexibility index (Phi) is 5.52. The van der Waals surface area contributed by atoms with Crippen molar-refractivity contribution in [3.05, 3.63) is 63.2 Å². The fraction of sp³-hybridized carbons (Fsp3) is 0.333. The maximum atomic E-state index is 14.7. The molecule has 178 valence electrons. The lowest BCUT2D eigenvalue weighted by Gasteiger charge is -2.35. The van der Waals surface area contributed by atoms with Gasteiger partial charge in [-0.15, -0.1) is 0 Å². The summed E-state index contributed by atoms with van der Waals surface area (Å²) in [4.78, 5) is 20.9. The zero-order valence-corrected chi connectivity index (χ0v) is 20.1. The zero-order valence-electron chi connectivity index (χ0n) is 19.3. The maximum Gasteiger partial charge on any atom is 0.270 e. The molecule has 0 saturated carbocycles. The van der Waals surface area contributed by atoms with E-state index in [2.05, 4.69) is 16.7 Å². The van der Waals surface area contributed by atoms with Crippen LogP contribution in [-0.4, -0.2) is 48.5 Å². The number of benzene rings is 1. The molecule has 1 aromatic heterocycles. The monoisotopic (exact) mass is 485 g/mol. The Morgan fingerprint density at radius 3 is 2.91 bits per heavy atom. The van der Waals surface area contributed by atoms with Crippen LogP contribution in [0.5, 0.6) is 0 Å². The third kappa shape index (κ3) is 3.43. The van der Waals surface area contributed by atoms with Crippen LogP contribution in [0.25, 0.3) is 5.70 Å². The number of fused-ring (bicyclic) bond motifs is 2. The van der Waals surface area contributed by atoms with E-state index in [0.29, 0.717) is 29.2 Å². The molecule has 1 atom stereocenters. The summed E-state index contributed by atoms with van der Waals surface area (Å²) in [5.74, 6) is -2.30. The number of hydrogen-bond acceptors (Lipinski definition) is 6. The van der Waals surface area contributed by atoms with Crippen LogP contribution in [0.4, 0.5) is 20.2 Å². The van der Waals surface area contributed by atoms with E-state index < -0.39 is 17.2 Å². The number of aliphatic imine (C=N–C) groups is 1. The highest BCUT2D eigenvalue weighted by Crippen LogP contribution is 2.47. The molecule has 1 aromatic carbocycles. The Balaban J connectivity index is 1.83. The molecule has 5 rings (SSSR count). The molecule has 4 heterocycles. The van der Waals surface area contributed by atoms with Crippen LogP contribution in [0, 0.1) is 11.6 Å². The average molecular weight is 486 g/mol. The van der Waals surface area contributed by atoms with Crippen molar-refractivity contribution in [3.8, 4) is 0 Å². The van der Waals surface area contributed by atoms with Gasteiger partial charge in [0.2, 0.25) is 0 Å². The van der Waals surface area contributed by atoms with Crippen LogP contribution in [-0.2, 0) is 16.9 Å². The summed E-state index contributed by atoms with van der Waals surface area (Å²) in [6.45, 7) is 4.64. The molecule has 7 nitrogen and oxygen atoms in total. The second-order valence-corrected chi connectivity index (χ2v) is 10.00. The van der Waals surface area contributed by atoms with Gasteiger partial charge in [0.1, 0.15) is 5.69 Å². The minimum Gasteiger partial charge on any atom is -0.378 e. The van der Waals surface area contributed by atoms with E-state index in [4.69, 9.17) is 9.73 Å². The van der Waals surface area contributed by atoms with Crippen LogP contribution in [0.2, 0.25) is 0 Å². The van der Waals surface area contributed by atoms with E-state index >= 15 is 0 Å². The molecule has 0 saturated heterocycles. The van der Waals surface area contributed by atoms with E-state index in [1.165, 1.54) is 12.1 Å². The van der Waals surface area contributed by atoms with Crippen molar-refractivity contribution in [2.45, 2.75) is 32.0 Å². The van der Waals surface area contributed by atoms with Crippen LogP contribution >= 0.6 is 11.8 Å². The minimum absolute atomic E-state index is 0.00501. The second-order valence-electron chi connectivity index (χ2n) is 9.05. The fourth-order valence-corrected chi connectivity index (χ4v) is 5.71. The Bertz CT molecular complexity index is 1280. The molecule has 0 fully saturated rings. The number of nitrogens with one attached hydrogen (secondary N) is 2. The molecule has 1 unspecified atom stereocenters. The maximum absolute atomic E-state index is 14.7. The Morgan fingerprint density at radius 2 is 2.15 bits per heavy atom. The molecule has 2 aromatic rings.